The van der Waals surface area contributed by atoms with Gasteiger partial charge in [-0.25, -0.2) is 9.97 Å². The van der Waals surface area contributed by atoms with Crippen LogP contribution in [0.1, 0.15) is 30.1 Å². The maximum Gasteiger partial charge on any atom is 0.316 e. The fourth-order valence-electron chi connectivity index (χ4n) is 3.99. The molecule has 4 rings (SSSR count). The zero-order valence-corrected chi connectivity index (χ0v) is 21.8. The lowest BCUT2D eigenvalue weighted by Gasteiger charge is -2.25. The summed E-state index contributed by atoms with van der Waals surface area (Å²) in [6, 6.07) is 3.63. The molecule has 0 aliphatic heterocycles. The molecule has 192 valence electrons. The first-order chi connectivity index (χ1) is 17.6. The van der Waals surface area contributed by atoms with Crippen LogP contribution in [0, 0.1) is 5.92 Å². The quantitative estimate of drug-likeness (QED) is 0.359. The maximum atomic E-state index is 9.07. The summed E-state index contributed by atoms with van der Waals surface area (Å²) in [5.74, 6) is 0.275. The molecule has 0 saturated carbocycles. The van der Waals surface area contributed by atoms with E-state index < -0.39 is 6.04 Å². The summed E-state index contributed by atoms with van der Waals surface area (Å²) in [7, 11) is 2.04. The van der Waals surface area contributed by atoms with Gasteiger partial charge in [0.25, 0.3) is 0 Å². The Morgan fingerprint density at radius 2 is 2.11 bits per heavy atom. The minimum atomic E-state index is -0.447. The van der Waals surface area contributed by atoms with Crippen LogP contribution in [0.4, 0.5) is 0 Å². The van der Waals surface area contributed by atoms with Crippen molar-refractivity contribution in [2.24, 2.45) is 11.7 Å². The third-order valence-corrected chi connectivity index (χ3v) is 7.39. The summed E-state index contributed by atoms with van der Waals surface area (Å²) in [4.78, 5) is 22.1. The largest absolute Gasteiger partial charge is 0.463 e. The summed E-state index contributed by atoms with van der Waals surface area (Å²) in [6.45, 7) is 7.45. The van der Waals surface area contributed by atoms with E-state index in [0.717, 1.165) is 47.8 Å². The van der Waals surface area contributed by atoms with Gasteiger partial charge in [0.05, 0.1) is 35.3 Å². The number of likely N-dealkylation sites (N-methyl/N-ethyl adjacent to an activating group) is 2. The molecule has 3 aromatic heterocycles. The van der Waals surface area contributed by atoms with Crippen molar-refractivity contribution < 1.29 is 9.84 Å². The normalized spacial score (nSPS) is 16.6. The van der Waals surface area contributed by atoms with Crippen LogP contribution in [0.3, 0.4) is 0 Å². The van der Waals surface area contributed by atoms with E-state index in [9.17, 15) is 0 Å². The number of ether oxygens (including phenoxy) is 1. The first kappa shape index (κ1) is 26.3. The molecular formula is C26H35N7O2S. The van der Waals surface area contributed by atoms with E-state index in [1.54, 1.807) is 36.0 Å². The number of aromatic nitrogens is 4. The van der Waals surface area contributed by atoms with Crippen LogP contribution in [-0.4, -0.2) is 87.8 Å². The van der Waals surface area contributed by atoms with Crippen LogP contribution in [-0.2, 0) is 0 Å². The molecule has 2 atom stereocenters. The summed E-state index contributed by atoms with van der Waals surface area (Å²) in [5, 5.41) is 9.86. The number of aliphatic hydroxyl groups excluding tert-OH is 1. The molecule has 2 unspecified atom stereocenters. The first-order valence-corrected chi connectivity index (χ1v) is 13.2. The van der Waals surface area contributed by atoms with Crippen LogP contribution in [0.25, 0.3) is 10.2 Å². The van der Waals surface area contributed by atoms with Crippen molar-refractivity contribution in [1.82, 2.24) is 29.7 Å². The molecule has 0 bridgehead atoms. The number of thiazole rings is 1. The van der Waals surface area contributed by atoms with Crippen LogP contribution >= 0.6 is 11.3 Å². The molecule has 0 spiro atoms. The van der Waals surface area contributed by atoms with Gasteiger partial charge >= 0.3 is 6.01 Å². The number of aliphatic hydroxyl groups is 1. The standard InChI is InChI=1S/C26H35N7O2S/c1-3-33(13-12-32(2)14-15-34)17-19-4-6-20(7-5-19)18-35-26-29-11-8-21(31-26)24(27)25-30-22-16-28-10-9-23(22)36-25/h4-6,8-11,16,20,24,34H,3,7,12-15,17-18,27H2,1-2H3. The Hall–Kier alpha value is -2.76. The molecule has 0 aromatic carbocycles. The fraction of sp³-hybridized carbons (Fsp3) is 0.462. The van der Waals surface area contributed by atoms with Crippen molar-refractivity contribution in [2.75, 3.05) is 53.0 Å². The number of fused-ring (bicyclic) bond motifs is 1. The average molecular weight is 510 g/mol. The lowest BCUT2D eigenvalue weighted by molar-refractivity contribution is 0.198. The number of hydrogen-bond donors (Lipinski definition) is 2. The molecule has 3 N–H and O–H groups in total. The number of nitrogens with two attached hydrogens (primary N) is 1. The number of pyridine rings is 1. The van der Waals surface area contributed by atoms with Gasteiger partial charge in [0.15, 0.2) is 0 Å². The highest BCUT2D eigenvalue weighted by molar-refractivity contribution is 7.18. The second-order valence-electron chi connectivity index (χ2n) is 8.98. The fourth-order valence-corrected chi connectivity index (χ4v) is 4.94. The lowest BCUT2D eigenvalue weighted by Crippen LogP contribution is -2.35. The van der Waals surface area contributed by atoms with E-state index in [1.807, 2.05) is 13.1 Å². The first-order valence-electron chi connectivity index (χ1n) is 12.4. The average Bonchev–Trinajstić information content (AvgIpc) is 3.35. The van der Waals surface area contributed by atoms with Crippen molar-refractivity contribution in [3.63, 3.8) is 0 Å². The molecule has 3 heterocycles. The minimum Gasteiger partial charge on any atom is -0.463 e. The van der Waals surface area contributed by atoms with Crippen molar-refractivity contribution >= 4 is 21.6 Å². The van der Waals surface area contributed by atoms with Crippen molar-refractivity contribution in [3.05, 3.63) is 65.2 Å². The summed E-state index contributed by atoms with van der Waals surface area (Å²) in [6.07, 6.45) is 12.8. The summed E-state index contributed by atoms with van der Waals surface area (Å²) in [5.41, 5.74) is 9.30. The van der Waals surface area contributed by atoms with Gasteiger partial charge < -0.3 is 20.5 Å². The number of hydrogen-bond acceptors (Lipinski definition) is 10. The third-order valence-electron chi connectivity index (χ3n) is 6.27. The SMILES string of the molecule is CCN(CCN(C)CCO)CC1=CCC(COc2nccc(C(N)c3nc4cnccc4s3)n2)C=C1. The lowest BCUT2D eigenvalue weighted by atomic mass is 9.97. The second kappa shape index (κ2) is 13.0. The Labute approximate surface area is 216 Å². The molecule has 10 heteroatoms. The molecule has 36 heavy (non-hydrogen) atoms. The zero-order chi connectivity index (χ0) is 25.3. The molecule has 3 aromatic rings. The molecule has 1 aliphatic rings. The van der Waals surface area contributed by atoms with Gasteiger partial charge in [-0.2, -0.15) is 4.98 Å². The number of rotatable bonds is 13. The Bertz CT molecular complexity index is 1150. The highest BCUT2D eigenvalue weighted by Gasteiger charge is 2.18. The van der Waals surface area contributed by atoms with Crippen LogP contribution < -0.4 is 10.5 Å². The maximum absolute atomic E-state index is 9.07. The van der Waals surface area contributed by atoms with Crippen molar-refractivity contribution in [3.8, 4) is 6.01 Å². The molecule has 0 fully saturated rings. The van der Waals surface area contributed by atoms with Gasteiger partial charge in [0.1, 0.15) is 11.0 Å². The van der Waals surface area contributed by atoms with Gasteiger partial charge in [-0.05, 0) is 37.7 Å². The second-order valence-corrected chi connectivity index (χ2v) is 10.0. The molecule has 0 radical (unpaired) electrons. The molecule has 1 aliphatic carbocycles. The molecule has 0 amide bonds. The number of nitrogens with zero attached hydrogens (tertiary/aromatic N) is 6. The monoisotopic (exact) mass is 509 g/mol. The van der Waals surface area contributed by atoms with Crippen molar-refractivity contribution in [2.45, 2.75) is 19.4 Å². The Balaban J connectivity index is 1.27. The van der Waals surface area contributed by atoms with Gasteiger partial charge in [0.2, 0.25) is 0 Å². The third kappa shape index (κ3) is 7.14. The predicted octanol–water partition coefficient (Wildman–Crippen LogP) is 2.66. The highest BCUT2D eigenvalue weighted by atomic mass is 32.1. The smallest absolute Gasteiger partial charge is 0.316 e. The van der Waals surface area contributed by atoms with Gasteiger partial charge in [0, 0.05) is 44.5 Å². The van der Waals surface area contributed by atoms with E-state index in [0.29, 0.717) is 24.9 Å². The van der Waals surface area contributed by atoms with Gasteiger partial charge in [-0.3, -0.25) is 9.88 Å². The van der Waals surface area contributed by atoms with Crippen LogP contribution in [0.15, 0.2) is 54.5 Å². The van der Waals surface area contributed by atoms with Gasteiger partial charge in [-0.1, -0.05) is 25.2 Å². The Morgan fingerprint density at radius 3 is 2.86 bits per heavy atom. The topological polar surface area (TPSA) is 114 Å². The van der Waals surface area contributed by atoms with Crippen molar-refractivity contribution in [1.29, 1.82) is 0 Å². The van der Waals surface area contributed by atoms with Gasteiger partial charge in [-0.15, -0.1) is 11.3 Å². The summed E-state index contributed by atoms with van der Waals surface area (Å²) < 4.78 is 6.98. The minimum absolute atomic E-state index is 0.198. The van der Waals surface area contributed by atoms with E-state index in [4.69, 9.17) is 15.6 Å². The zero-order valence-electron chi connectivity index (χ0n) is 21.0. The Morgan fingerprint density at radius 1 is 1.22 bits per heavy atom. The Kier molecular flexibility index (Phi) is 9.48. The highest BCUT2D eigenvalue weighted by Crippen LogP contribution is 2.28. The molecular weight excluding hydrogens is 474 g/mol. The molecule has 0 saturated heterocycles. The molecule has 9 nitrogen and oxygen atoms in total. The van der Waals surface area contributed by atoms with E-state index in [-0.39, 0.29) is 12.5 Å². The summed E-state index contributed by atoms with van der Waals surface area (Å²) >= 11 is 1.55. The van der Waals surface area contributed by atoms with E-state index in [2.05, 4.69) is 54.9 Å². The van der Waals surface area contributed by atoms with E-state index >= 15 is 0 Å². The van der Waals surface area contributed by atoms with E-state index in [1.165, 1.54) is 5.57 Å². The predicted molar refractivity (Wildman–Crippen MR) is 143 cm³/mol. The number of allylic oxidation sites excluding steroid dienone is 1. The van der Waals surface area contributed by atoms with Crippen LogP contribution in [0.5, 0.6) is 6.01 Å². The van der Waals surface area contributed by atoms with Crippen LogP contribution in [0.2, 0.25) is 0 Å².